The van der Waals surface area contributed by atoms with Crippen molar-refractivity contribution in [2.45, 2.75) is 37.4 Å². The van der Waals surface area contributed by atoms with Crippen LogP contribution in [-0.4, -0.2) is 17.9 Å². The molecule has 0 rings (SSSR count). The summed E-state index contributed by atoms with van der Waals surface area (Å²) >= 11 is 3.49. The predicted octanol–water partition coefficient (Wildman–Crippen LogP) is 2.50. The van der Waals surface area contributed by atoms with Crippen LogP contribution < -0.4 is 0 Å². The Labute approximate surface area is 76.4 Å². The molecule has 0 aliphatic heterocycles. The maximum Gasteiger partial charge on any atom is 0.305 e. The van der Waals surface area contributed by atoms with Crippen molar-refractivity contribution in [2.75, 3.05) is 7.11 Å². The molecule has 66 valence electrons. The van der Waals surface area contributed by atoms with E-state index in [0.717, 1.165) is 19.3 Å². The summed E-state index contributed by atoms with van der Waals surface area (Å²) in [6.45, 7) is 2.13. The molecule has 0 bridgehead atoms. The van der Waals surface area contributed by atoms with Gasteiger partial charge in [-0.25, -0.2) is 0 Å². The fourth-order valence-electron chi connectivity index (χ4n) is 0.834. The van der Waals surface area contributed by atoms with Gasteiger partial charge in [0.1, 0.15) is 0 Å². The van der Waals surface area contributed by atoms with E-state index in [1.807, 2.05) is 0 Å². The number of alkyl halides is 1. The Balaban J connectivity index is 3.29. The highest BCUT2D eigenvalue weighted by molar-refractivity contribution is 9.09. The van der Waals surface area contributed by atoms with Crippen LogP contribution in [0.25, 0.3) is 0 Å². The minimum atomic E-state index is -0.120. The molecule has 11 heavy (non-hydrogen) atoms. The molecule has 3 heteroatoms. The number of hydrogen-bond acceptors (Lipinski definition) is 2. The van der Waals surface area contributed by atoms with E-state index in [1.165, 1.54) is 7.11 Å². The van der Waals surface area contributed by atoms with Crippen LogP contribution >= 0.6 is 15.9 Å². The zero-order valence-corrected chi connectivity index (χ0v) is 8.69. The Morgan fingerprint density at radius 2 is 2.18 bits per heavy atom. The van der Waals surface area contributed by atoms with E-state index < -0.39 is 0 Å². The molecular formula is C8H15BrO2. The van der Waals surface area contributed by atoms with Crippen LogP contribution in [0.3, 0.4) is 0 Å². The lowest BCUT2D eigenvalue weighted by Crippen LogP contribution is -2.05. The molecule has 1 unspecified atom stereocenters. The largest absolute Gasteiger partial charge is 0.469 e. The van der Waals surface area contributed by atoms with Crippen LogP contribution in [0.1, 0.15) is 32.6 Å². The zero-order valence-electron chi connectivity index (χ0n) is 7.10. The first-order chi connectivity index (χ1) is 5.20. The highest BCUT2D eigenvalue weighted by Crippen LogP contribution is 2.14. The van der Waals surface area contributed by atoms with Gasteiger partial charge in [0.25, 0.3) is 0 Å². The number of rotatable bonds is 5. The SMILES string of the molecule is CCCC(Br)CCC(=O)OC. The molecule has 0 heterocycles. The van der Waals surface area contributed by atoms with Crippen molar-refractivity contribution in [1.29, 1.82) is 0 Å². The minimum Gasteiger partial charge on any atom is -0.469 e. The highest BCUT2D eigenvalue weighted by Gasteiger charge is 2.06. The number of ether oxygens (including phenoxy) is 1. The van der Waals surface area contributed by atoms with Crippen LogP contribution in [-0.2, 0) is 9.53 Å². The highest BCUT2D eigenvalue weighted by atomic mass is 79.9. The standard InChI is InChI=1S/C8H15BrO2/c1-3-4-7(9)5-6-8(10)11-2/h7H,3-6H2,1-2H3. The molecule has 0 aliphatic rings. The third-order valence-corrected chi connectivity index (χ3v) is 2.41. The van der Waals surface area contributed by atoms with Gasteiger partial charge in [0.05, 0.1) is 7.11 Å². The van der Waals surface area contributed by atoms with Gasteiger partial charge in [-0.1, -0.05) is 29.3 Å². The molecule has 0 aromatic heterocycles. The zero-order chi connectivity index (χ0) is 8.69. The monoisotopic (exact) mass is 222 g/mol. The third-order valence-electron chi connectivity index (χ3n) is 1.49. The number of carbonyl (C=O) groups excluding carboxylic acids is 1. The number of carbonyl (C=O) groups is 1. The molecule has 1 atom stereocenters. The number of esters is 1. The molecule has 0 aromatic rings. The quantitative estimate of drug-likeness (QED) is 0.528. The number of methoxy groups -OCH3 is 1. The summed E-state index contributed by atoms with van der Waals surface area (Å²) in [4.78, 5) is 11.1. The van der Waals surface area contributed by atoms with Crippen molar-refractivity contribution >= 4 is 21.9 Å². The molecule has 0 saturated heterocycles. The molecule has 0 aromatic carbocycles. The number of halogens is 1. The summed E-state index contributed by atoms with van der Waals surface area (Å²) in [6, 6.07) is 0. The first-order valence-corrected chi connectivity index (χ1v) is 4.83. The Hall–Kier alpha value is -0.0500. The van der Waals surface area contributed by atoms with Gasteiger partial charge < -0.3 is 4.74 Å². The van der Waals surface area contributed by atoms with Gasteiger partial charge in [0.15, 0.2) is 0 Å². The smallest absolute Gasteiger partial charge is 0.305 e. The lowest BCUT2D eigenvalue weighted by Gasteiger charge is -2.05. The Morgan fingerprint density at radius 3 is 2.64 bits per heavy atom. The molecule has 0 N–H and O–H groups in total. The van der Waals surface area contributed by atoms with Crippen LogP contribution in [0.4, 0.5) is 0 Å². The van der Waals surface area contributed by atoms with Crippen molar-refractivity contribution in [3.8, 4) is 0 Å². The lowest BCUT2D eigenvalue weighted by atomic mass is 10.1. The van der Waals surface area contributed by atoms with Gasteiger partial charge in [-0.2, -0.15) is 0 Å². The first kappa shape index (κ1) is 11.0. The summed E-state index contributed by atoms with van der Waals surface area (Å²) < 4.78 is 4.52. The van der Waals surface area contributed by atoms with Gasteiger partial charge in [-0.05, 0) is 12.8 Å². The van der Waals surface area contributed by atoms with Crippen LogP contribution in [0, 0.1) is 0 Å². The topological polar surface area (TPSA) is 26.3 Å². The van der Waals surface area contributed by atoms with Crippen LogP contribution in [0.2, 0.25) is 0 Å². The van der Waals surface area contributed by atoms with Crippen molar-refractivity contribution in [3.63, 3.8) is 0 Å². The molecule has 0 aliphatic carbocycles. The van der Waals surface area contributed by atoms with Gasteiger partial charge in [0.2, 0.25) is 0 Å². The minimum absolute atomic E-state index is 0.120. The van der Waals surface area contributed by atoms with E-state index in [9.17, 15) is 4.79 Å². The van der Waals surface area contributed by atoms with E-state index in [4.69, 9.17) is 0 Å². The maximum atomic E-state index is 10.7. The average molecular weight is 223 g/mol. The van der Waals surface area contributed by atoms with Crippen molar-refractivity contribution < 1.29 is 9.53 Å². The van der Waals surface area contributed by atoms with E-state index in [-0.39, 0.29) is 5.97 Å². The second-order valence-corrected chi connectivity index (χ2v) is 3.80. The predicted molar refractivity (Wildman–Crippen MR) is 48.9 cm³/mol. The Bertz CT molecular complexity index is 115. The third kappa shape index (κ3) is 6.35. The van der Waals surface area contributed by atoms with Crippen molar-refractivity contribution in [3.05, 3.63) is 0 Å². The fourth-order valence-corrected chi connectivity index (χ4v) is 1.52. The van der Waals surface area contributed by atoms with E-state index >= 15 is 0 Å². The normalized spacial score (nSPS) is 12.6. The van der Waals surface area contributed by atoms with E-state index in [0.29, 0.717) is 11.2 Å². The van der Waals surface area contributed by atoms with E-state index in [1.54, 1.807) is 0 Å². The Morgan fingerprint density at radius 1 is 1.55 bits per heavy atom. The van der Waals surface area contributed by atoms with Crippen LogP contribution in [0.5, 0.6) is 0 Å². The second-order valence-electron chi connectivity index (χ2n) is 2.50. The van der Waals surface area contributed by atoms with Gasteiger partial charge in [-0.15, -0.1) is 0 Å². The fraction of sp³-hybridized carbons (Fsp3) is 0.875. The molecule has 0 radical (unpaired) electrons. The second kappa shape index (κ2) is 6.65. The molecule has 0 spiro atoms. The van der Waals surface area contributed by atoms with Gasteiger partial charge >= 0.3 is 5.97 Å². The lowest BCUT2D eigenvalue weighted by molar-refractivity contribution is -0.140. The average Bonchev–Trinajstić information content (AvgIpc) is 2.01. The molecule has 2 nitrogen and oxygen atoms in total. The molecule has 0 saturated carbocycles. The summed E-state index contributed by atoms with van der Waals surface area (Å²) in [6.07, 6.45) is 3.67. The Kier molecular flexibility index (Phi) is 6.62. The maximum absolute atomic E-state index is 10.7. The molecular weight excluding hydrogens is 208 g/mol. The van der Waals surface area contributed by atoms with Gasteiger partial charge in [0, 0.05) is 11.2 Å². The summed E-state index contributed by atoms with van der Waals surface area (Å²) in [5.74, 6) is -0.120. The first-order valence-electron chi connectivity index (χ1n) is 3.91. The van der Waals surface area contributed by atoms with Crippen LogP contribution in [0.15, 0.2) is 0 Å². The summed E-state index contributed by atoms with van der Waals surface area (Å²) in [7, 11) is 1.42. The van der Waals surface area contributed by atoms with Crippen molar-refractivity contribution in [1.82, 2.24) is 0 Å². The summed E-state index contributed by atoms with van der Waals surface area (Å²) in [5, 5.41) is 0. The summed E-state index contributed by atoms with van der Waals surface area (Å²) in [5.41, 5.74) is 0. The number of hydrogen-bond donors (Lipinski definition) is 0. The van der Waals surface area contributed by atoms with Gasteiger partial charge in [-0.3, -0.25) is 4.79 Å². The molecule has 0 amide bonds. The molecule has 0 fully saturated rings. The van der Waals surface area contributed by atoms with Crippen molar-refractivity contribution in [2.24, 2.45) is 0 Å². The van der Waals surface area contributed by atoms with E-state index in [2.05, 4.69) is 27.6 Å².